The van der Waals surface area contributed by atoms with Gasteiger partial charge in [-0.2, -0.15) is 13.2 Å². The molecule has 0 radical (unpaired) electrons. The number of halogens is 5. The summed E-state index contributed by atoms with van der Waals surface area (Å²) in [5.41, 5.74) is 4.08. The Morgan fingerprint density at radius 3 is 2.61 bits per heavy atom. The summed E-state index contributed by atoms with van der Waals surface area (Å²) in [5.74, 6) is -1.55. The second kappa shape index (κ2) is 7.49. The van der Waals surface area contributed by atoms with Crippen LogP contribution in [0, 0.1) is 11.7 Å². The molecule has 1 aromatic carbocycles. The van der Waals surface area contributed by atoms with Crippen molar-refractivity contribution in [2.45, 2.75) is 32.0 Å². The molecule has 0 spiro atoms. The van der Waals surface area contributed by atoms with Crippen LogP contribution in [0.5, 0.6) is 0 Å². The third-order valence-electron chi connectivity index (χ3n) is 4.14. The van der Waals surface area contributed by atoms with Crippen molar-refractivity contribution in [3.8, 4) is 0 Å². The number of alkyl halides is 3. The van der Waals surface area contributed by atoms with Gasteiger partial charge in [-0.3, -0.25) is 4.79 Å². The molecule has 1 fully saturated rings. The van der Waals surface area contributed by atoms with Crippen LogP contribution >= 0.6 is 12.4 Å². The van der Waals surface area contributed by atoms with Crippen LogP contribution in [-0.2, 0) is 6.18 Å². The second-order valence-electron chi connectivity index (χ2n) is 5.61. The molecule has 3 nitrogen and oxygen atoms in total. The van der Waals surface area contributed by atoms with E-state index < -0.39 is 29.0 Å². The molecule has 8 heteroatoms. The minimum absolute atomic E-state index is 0. The predicted octanol–water partition coefficient (Wildman–Crippen LogP) is 3.47. The minimum atomic E-state index is -4.62. The lowest BCUT2D eigenvalue weighted by Crippen LogP contribution is -2.51. The number of rotatable bonds is 2. The van der Waals surface area contributed by atoms with E-state index in [1.54, 1.807) is 0 Å². The number of amides is 1. The Morgan fingerprint density at radius 2 is 2.04 bits per heavy atom. The highest BCUT2D eigenvalue weighted by atomic mass is 35.5. The molecule has 1 amide bonds. The quantitative estimate of drug-likeness (QED) is 0.827. The summed E-state index contributed by atoms with van der Waals surface area (Å²) in [6.07, 6.45) is -3.01. The molecule has 2 unspecified atom stereocenters. The van der Waals surface area contributed by atoms with E-state index in [-0.39, 0.29) is 30.9 Å². The fourth-order valence-corrected chi connectivity index (χ4v) is 2.88. The third-order valence-corrected chi connectivity index (χ3v) is 4.14. The maximum atomic E-state index is 13.8. The van der Waals surface area contributed by atoms with Gasteiger partial charge in [0.1, 0.15) is 5.82 Å². The Kier molecular flexibility index (Phi) is 6.41. The molecule has 130 valence electrons. The average molecular weight is 355 g/mol. The SMILES string of the molecule is CC1CCCN(C(=O)c2cc(C(F)(F)F)ccc2F)C1CN.Cl. The standard InChI is InChI=1S/C15H18F4N2O.ClH/c1-9-3-2-6-21(13(9)8-20)14(22)11-7-10(15(17,18)19)4-5-12(11)16;/h4-5,7,9,13H,2-3,6,8,20H2,1H3;1H. The molecule has 1 aromatic rings. The minimum Gasteiger partial charge on any atom is -0.334 e. The van der Waals surface area contributed by atoms with Crippen LogP contribution in [0.25, 0.3) is 0 Å². The monoisotopic (exact) mass is 354 g/mol. The Hall–Kier alpha value is -1.34. The van der Waals surface area contributed by atoms with Gasteiger partial charge in [-0.25, -0.2) is 4.39 Å². The van der Waals surface area contributed by atoms with Crippen molar-refractivity contribution in [2.24, 2.45) is 11.7 Å². The van der Waals surface area contributed by atoms with E-state index in [0.29, 0.717) is 24.7 Å². The largest absolute Gasteiger partial charge is 0.416 e. The molecule has 1 aliphatic heterocycles. The zero-order valence-corrected chi connectivity index (χ0v) is 13.4. The van der Waals surface area contributed by atoms with Crippen molar-refractivity contribution in [1.82, 2.24) is 4.90 Å². The first-order valence-corrected chi connectivity index (χ1v) is 7.13. The Bertz CT molecular complexity index is 565. The number of likely N-dealkylation sites (tertiary alicyclic amines) is 1. The Morgan fingerprint density at radius 1 is 1.39 bits per heavy atom. The van der Waals surface area contributed by atoms with Crippen molar-refractivity contribution in [2.75, 3.05) is 13.1 Å². The van der Waals surface area contributed by atoms with Gasteiger partial charge in [0, 0.05) is 19.1 Å². The van der Waals surface area contributed by atoms with Gasteiger partial charge < -0.3 is 10.6 Å². The lowest BCUT2D eigenvalue weighted by atomic mass is 9.90. The van der Waals surface area contributed by atoms with E-state index in [1.807, 2.05) is 6.92 Å². The molecule has 2 rings (SSSR count). The zero-order chi connectivity index (χ0) is 16.5. The maximum Gasteiger partial charge on any atom is 0.416 e. The normalized spacial score (nSPS) is 21.7. The second-order valence-corrected chi connectivity index (χ2v) is 5.61. The molecule has 2 N–H and O–H groups in total. The first kappa shape index (κ1) is 19.7. The van der Waals surface area contributed by atoms with Crippen LogP contribution in [-0.4, -0.2) is 29.9 Å². The van der Waals surface area contributed by atoms with Gasteiger partial charge >= 0.3 is 6.18 Å². The highest BCUT2D eigenvalue weighted by Crippen LogP contribution is 2.31. The number of hydrogen-bond donors (Lipinski definition) is 1. The third kappa shape index (κ3) is 4.14. The molecular formula is C15H19ClF4N2O. The summed E-state index contributed by atoms with van der Waals surface area (Å²) in [5, 5.41) is 0. The van der Waals surface area contributed by atoms with Gasteiger partial charge in [-0.1, -0.05) is 6.92 Å². The van der Waals surface area contributed by atoms with Crippen molar-refractivity contribution in [1.29, 1.82) is 0 Å². The number of carbonyl (C=O) groups excluding carboxylic acids is 1. The Labute approximate surface area is 138 Å². The number of carbonyl (C=O) groups is 1. The summed E-state index contributed by atoms with van der Waals surface area (Å²) < 4.78 is 52.1. The lowest BCUT2D eigenvalue weighted by molar-refractivity contribution is -0.137. The molecular weight excluding hydrogens is 336 g/mol. The first-order valence-electron chi connectivity index (χ1n) is 7.13. The Balaban J connectivity index is 0.00000264. The molecule has 23 heavy (non-hydrogen) atoms. The highest BCUT2D eigenvalue weighted by Gasteiger charge is 2.35. The van der Waals surface area contributed by atoms with Gasteiger partial charge in [-0.05, 0) is 37.0 Å². The molecule has 1 heterocycles. The number of hydrogen-bond acceptors (Lipinski definition) is 2. The van der Waals surface area contributed by atoms with Gasteiger partial charge in [0.05, 0.1) is 11.1 Å². The topological polar surface area (TPSA) is 46.3 Å². The summed E-state index contributed by atoms with van der Waals surface area (Å²) >= 11 is 0. The number of benzene rings is 1. The molecule has 0 bridgehead atoms. The molecule has 0 aromatic heterocycles. The van der Waals surface area contributed by atoms with Crippen LogP contribution in [0.4, 0.5) is 17.6 Å². The predicted molar refractivity (Wildman–Crippen MR) is 80.9 cm³/mol. The van der Waals surface area contributed by atoms with E-state index in [0.717, 1.165) is 12.8 Å². The van der Waals surface area contributed by atoms with E-state index in [4.69, 9.17) is 5.73 Å². The van der Waals surface area contributed by atoms with E-state index in [9.17, 15) is 22.4 Å². The van der Waals surface area contributed by atoms with Crippen molar-refractivity contribution in [3.63, 3.8) is 0 Å². The molecule has 0 aliphatic carbocycles. The fraction of sp³-hybridized carbons (Fsp3) is 0.533. The van der Waals surface area contributed by atoms with E-state index in [2.05, 4.69) is 0 Å². The number of nitrogens with two attached hydrogens (primary N) is 1. The summed E-state index contributed by atoms with van der Waals surface area (Å²) in [7, 11) is 0. The lowest BCUT2D eigenvalue weighted by Gasteiger charge is -2.39. The molecule has 1 aliphatic rings. The zero-order valence-electron chi connectivity index (χ0n) is 12.6. The maximum absolute atomic E-state index is 13.8. The van der Waals surface area contributed by atoms with Crippen molar-refractivity contribution in [3.05, 3.63) is 35.1 Å². The van der Waals surface area contributed by atoms with Gasteiger partial charge in [0.15, 0.2) is 0 Å². The van der Waals surface area contributed by atoms with E-state index >= 15 is 0 Å². The van der Waals surface area contributed by atoms with Crippen LogP contribution < -0.4 is 5.73 Å². The van der Waals surface area contributed by atoms with Gasteiger partial charge in [0.2, 0.25) is 0 Å². The smallest absolute Gasteiger partial charge is 0.334 e. The van der Waals surface area contributed by atoms with Crippen LogP contribution in [0.15, 0.2) is 18.2 Å². The summed E-state index contributed by atoms with van der Waals surface area (Å²) in [6.45, 7) is 2.51. The molecule has 2 atom stereocenters. The summed E-state index contributed by atoms with van der Waals surface area (Å²) in [4.78, 5) is 13.9. The molecule has 0 saturated carbocycles. The average Bonchev–Trinajstić information content (AvgIpc) is 2.45. The molecule has 1 saturated heterocycles. The highest BCUT2D eigenvalue weighted by molar-refractivity contribution is 5.95. The van der Waals surface area contributed by atoms with Crippen LogP contribution in [0.1, 0.15) is 35.7 Å². The summed E-state index contributed by atoms with van der Waals surface area (Å²) in [6, 6.07) is 1.60. The van der Waals surface area contributed by atoms with Crippen LogP contribution in [0.2, 0.25) is 0 Å². The number of nitrogens with zero attached hydrogens (tertiary/aromatic N) is 1. The van der Waals surface area contributed by atoms with Gasteiger partial charge in [-0.15, -0.1) is 12.4 Å². The first-order chi connectivity index (χ1) is 10.3. The van der Waals surface area contributed by atoms with Gasteiger partial charge in [0.25, 0.3) is 5.91 Å². The van der Waals surface area contributed by atoms with E-state index in [1.165, 1.54) is 4.90 Å². The van der Waals surface area contributed by atoms with Crippen LogP contribution in [0.3, 0.4) is 0 Å². The number of piperidine rings is 1. The fourth-order valence-electron chi connectivity index (χ4n) is 2.88. The van der Waals surface area contributed by atoms with Crippen molar-refractivity contribution < 1.29 is 22.4 Å². The van der Waals surface area contributed by atoms with Crippen molar-refractivity contribution >= 4 is 18.3 Å².